The average Bonchev–Trinajstić information content (AvgIpc) is 2.59. The second-order valence-corrected chi connectivity index (χ2v) is 5.92. The molecule has 126 valence electrons. The smallest absolute Gasteiger partial charge is 0.255 e. The van der Waals surface area contributed by atoms with Gasteiger partial charge in [0.25, 0.3) is 5.91 Å². The number of halogens is 2. The second-order valence-electron chi connectivity index (χ2n) is 5.48. The first-order valence-electron chi connectivity index (χ1n) is 7.57. The predicted octanol–water partition coefficient (Wildman–Crippen LogP) is 5.18. The second kappa shape index (κ2) is 7.32. The summed E-state index contributed by atoms with van der Waals surface area (Å²) in [4.78, 5) is 16.4. The lowest BCUT2D eigenvalue weighted by Gasteiger charge is -2.10. The van der Waals surface area contributed by atoms with Crippen LogP contribution >= 0.6 is 11.6 Å². The molecule has 0 unspecified atom stereocenters. The molecule has 0 fully saturated rings. The van der Waals surface area contributed by atoms with Gasteiger partial charge in [0.1, 0.15) is 11.6 Å². The number of aromatic nitrogens is 1. The lowest BCUT2D eigenvalue weighted by molar-refractivity contribution is 0.102. The van der Waals surface area contributed by atoms with Gasteiger partial charge in [0.15, 0.2) is 0 Å². The molecule has 0 radical (unpaired) electrons. The van der Waals surface area contributed by atoms with Crippen LogP contribution in [-0.2, 0) is 0 Å². The molecule has 2 aromatic carbocycles. The van der Waals surface area contributed by atoms with E-state index in [0.29, 0.717) is 16.5 Å². The summed E-state index contributed by atoms with van der Waals surface area (Å²) in [5.41, 5.74) is 2.66. The van der Waals surface area contributed by atoms with Crippen molar-refractivity contribution in [2.24, 2.45) is 0 Å². The fraction of sp³-hybridized carbons (Fsp3) is 0.0526. The lowest BCUT2D eigenvalue weighted by atomic mass is 10.2. The van der Waals surface area contributed by atoms with E-state index in [0.717, 1.165) is 11.3 Å². The van der Waals surface area contributed by atoms with E-state index >= 15 is 0 Å². The van der Waals surface area contributed by atoms with Gasteiger partial charge in [-0.2, -0.15) is 0 Å². The first-order chi connectivity index (χ1) is 12.0. The summed E-state index contributed by atoms with van der Waals surface area (Å²) in [6.07, 6.45) is 1.53. The summed E-state index contributed by atoms with van der Waals surface area (Å²) >= 11 is 5.94. The van der Waals surface area contributed by atoms with Crippen molar-refractivity contribution in [2.45, 2.75) is 6.92 Å². The maximum Gasteiger partial charge on any atom is 0.255 e. The first kappa shape index (κ1) is 16.9. The third-order valence-electron chi connectivity index (χ3n) is 3.56. The molecule has 0 spiro atoms. The molecule has 3 rings (SSSR count). The number of hydrogen-bond acceptors (Lipinski definition) is 3. The van der Waals surface area contributed by atoms with Gasteiger partial charge in [-0.3, -0.25) is 4.79 Å². The van der Waals surface area contributed by atoms with Crippen LogP contribution in [0.15, 0.2) is 60.8 Å². The zero-order valence-electron chi connectivity index (χ0n) is 13.4. The van der Waals surface area contributed by atoms with Crippen LogP contribution in [-0.4, -0.2) is 10.9 Å². The van der Waals surface area contributed by atoms with E-state index < -0.39 is 11.7 Å². The Labute approximate surface area is 149 Å². The minimum atomic E-state index is -0.455. The molecule has 25 heavy (non-hydrogen) atoms. The number of aryl methyl sites for hydroxylation is 1. The Morgan fingerprint density at radius 1 is 1.12 bits per heavy atom. The van der Waals surface area contributed by atoms with Gasteiger partial charge < -0.3 is 10.6 Å². The van der Waals surface area contributed by atoms with Crippen molar-refractivity contribution in [2.75, 3.05) is 10.6 Å². The Bertz CT molecular complexity index is 913. The van der Waals surface area contributed by atoms with Crippen molar-refractivity contribution in [3.8, 4) is 0 Å². The van der Waals surface area contributed by atoms with Crippen LogP contribution in [0.3, 0.4) is 0 Å². The highest BCUT2D eigenvalue weighted by molar-refractivity contribution is 6.30. The maximum atomic E-state index is 13.2. The predicted molar refractivity (Wildman–Crippen MR) is 98.1 cm³/mol. The number of amides is 1. The summed E-state index contributed by atoms with van der Waals surface area (Å²) in [5.74, 6) is -0.214. The largest absolute Gasteiger partial charge is 0.340 e. The van der Waals surface area contributed by atoms with E-state index in [1.807, 2.05) is 19.1 Å². The van der Waals surface area contributed by atoms with E-state index in [4.69, 9.17) is 11.6 Å². The number of nitrogens with zero attached hydrogens (tertiary/aromatic N) is 1. The van der Waals surface area contributed by atoms with Crippen molar-refractivity contribution >= 4 is 34.7 Å². The number of pyridine rings is 1. The quantitative estimate of drug-likeness (QED) is 0.678. The third kappa shape index (κ3) is 4.33. The highest BCUT2D eigenvalue weighted by atomic mass is 35.5. The van der Waals surface area contributed by atoms with E-state index in [9.17, 15) is 9.18 Å². The maximum absolute atomic E-state index is 13.2. The normalized spacial score (nSPS) is 10.4. The van der Waals surface area contributed by atoms with Crippen LogP contribution in [0, 0.1) is 12.7 Å². The fourth-order valence-electron chi connectivity index (χ4n) is 2.28. The minimum Gasteiger partial charge on any atom is -0.340 e. The van der Waals surface area contributed by atoms with Crippen molar-refractivity contribution in [1.82, 2.24) is 4.98 Å². The summed E-state index contributed by atoms with van der Waals surface area (Å²) in [7, 11) is 0. The highest BCUT2D eigenvalue weighted by Crippen LogP contribution is 2.23. The Morgan fingerprint density at radius 3 is 2.64 bits per heavy atom. The number of anilines is 3. The molecule has 0 saturated heterocycles. The number of rotatable bonds is 4. The average molecular weight is 356 g/mol. The minimum absolute atomic E-state index is 0.249. The van der Waals surface area contributed by atoms with E-state index in [1.165, 1.54) is 24.4 Å². The molecule has 3 aromatic rings. The zero-order chi connectivity index (χ0) is 17.8. The van der Waals surface area contributed by atoms with Crippen LogP contribution in [0.25, 0.3) is 0 Å². The van der Waals surface area contributed by atoms with Gasteiger partial charge in [0.05, 0.1) is 11.9 Å². The molecular weight excluding hydrogens is 341 g/mol. The zero-order valence-corrected chi connectivity index (χ0v) is 14.1. The van der Waals surface area contributed by atoms with E-state index in [1.54, 1.807) is 24.3 Å². The summed E-state index contributed by atoms with van der Waals surface area (Å²) < 4.78 is 13.2. The SMILES string of the molecule is Cc1cc(Cl)ccc1Nc1ccc(NC(=O)c2cccc(F)c2)cn1. The number of carbonyl (C=O) groups is 1. The van der Waals surface area contributed by atoms with Crippen LogP contribution in [0.1, 0.15) is 15.9 Å². The van der Waals surface area contributed by atoms with Gasteiger partial charge in [0.2, 0.25) is 0 Å². The van der Waals surface area contributed by atoms with Gasteiger partial charge in [-0.05, 0) is 61.0 Å². The van der Waals surface area contributed by atoms with Crippen molar-refractivity contribution in [3.05, 3.63) is 82.8 Å². The number of hydrogen-bond donors (Lipinski definition) is 2. The number of carbonyl (C=O) groups excluding carboxylic acids is 1. The van der Waals surface area contributed by atoms with Crippen LogP contribution < -0.4 is 10.6 Å². The molecule has 0 bridgehead atoms. The van der Waals surface area contributed by atoms with Gasteiger partial charge in [-0.1, -0.05) is 17.7 Å². The molecule has 1 heterocycles. The molecule has 0 aliphatic heterocycles. The molecule has 1 aromatic heterocycles. The van der Waals surface area contributed by atoms with Crippen LogP contribution in [0.4, 0.5) is 21.6 Å². The number of benzene rings is 2. The standard InChI is InChI=1S/C19H15ClFN3O/c1-12-9-14(20)5-7-17(12)24-18-8-6-16(11-22-18)23-19(25)13-3-2-4-15(21)10-13/h2-11H,1H3,(H,22,24)(H,23,25). The molecular formula is C19H15ClFN3O. The molecule has 1 amide bonds. The molecule has 0 aliphatic carbocycles. The lowest BCUT2D eigenvalue weighted by Crippen LogP contribution is -2.12. The summed E-state index contributed by atoms with van der Waals surface area (Å²) in [5, 5.41) is 6.54. The van der Waals surface area contributed by atoms with Gasteiger partial charge in [-0.15, -0.1) is 0 Å². The van der Waals surface area contributed by atoms with E-state index in [2.05, 4.69) is 15.6 Å². The molecule has 4 nitrogen and oxygen atoms in total. The van der Waals surface area contributed by atoms with Crippen molar-refractivity contribution < 1.29 is 9.18 Å². The van der Waals surface area contributed by atoms with Gasteiger partial charge >= 0.3 is 0 Å². The Kier molecular flexibility index (Phi) is 4.95. The Balaban J connectivity index is 1.69. The molecule has 0 atom stereocenters. The molecule has 0 aliphatic rings. The number of nitrogens with one attached hydrogen (secondary N) is 2. The molecule has 0 saturated carbocycles. The molecule has 6 heteroatoms. The van der Waals surface area contributed by atoms with Crippen LogP contribution in [0.5, 0.6) is 0 Å². The third-order valence-corrected chi connectivity index (χ3v) is 3.79. The van der Waals surface area contributed by atoms with Crippen molar-refractivity contribution in [3.63, 3.8) is 0 Å². The topological polar surface area (TPSA) is 54.0 Å². The van der Waals surface area contributed by atoms with Gasteiger partial charge in [-0.25, -0.2) is 9.37 Å². The summed E-state index contributed by atoms with van der Waals surface area (Å²) in [6, 6.07) is 14.5. The van der Waals surface area contributed by atoms with Crippen molar-refractivity contribution in [1.29, 1.82) is 0 Å². The van der Waals surface area contributed by atoms with E-state index in [-0.39, 0.29) is 5.56 Å². The Hall–Kier alpha value is -2.92. The molecule has 2 N–H and O–H groups in total. The van der Waals surface area contributed by atoms with Crippen LogP contribution in [0.2, 0.25) is 5.02 Å². The van der Waals surface area contributed by atoms with Gasteiger partial charge in [0, 0.05) is 16.3 Å². The first-order valence-corrected chi connectivity index (χ1v) is 7.95. The Morgan fingerprint density at radius 2 is 1.96 bits per heavy atom. The highest BCUT2D eigenvalue weighted by Gasteiger charge is 2.07. The monoisotopic (exact) mass is 355 g/mol. The summed E-state index contributed by atoms with van der Waals surface area (Å²) in [6.45, 7) is 1.95. The fourth-order valence-corrected chi connectivity index (χ4v) is 2.51.